The van der Waals surface area contributed by atoms with Gasteiger partial charge in [-0.1, -0.05) is 0 Å². The van der Waals surface area contributed by atoms with Crippen LogP contribution in [0.2, 0.25) is 0 Å². The molecule has 0 saturated heterocycles. The van der Waals surface area contributed by atoms with E-state index in [1.807, 2.05) is 0 Å². The maximum atomic E-state index is 11.8. The molecule has 1 aromatic carbocycles. The van der Waals surface area contributed by atoms with Gasteiger partial charge in [-0.15, -0.1) is 0 Å². The highest BCUT2D eigenvalue weighted by Gasteiger charge is 2.06. The van der Waals surface area contributed by atoms with Crippen molar-refractivity contribution in [3.8, 4) is 5.75 Å². The maximum absolute atomic E-state index is 11.8. The molecule has 0 atom stereocenters. The Bertz CT molecular complexity index is 580. The number of primary amides is 1. The van der Waals surface area contributed by atoms with Crippen LogP contribution in [0.4, 0.5) is 0 Å². The van der Waals surface area contributed by atoms with Gasteiger partial charge in [0.1, 0.15) is 17.9 Å². The second-order valence-corrected chi connectivity index (χ2v) is 3.89. The molecule has 1 aromatic heterocycles. The number of carbonyl (C=O) groups excluding carboxylic acids is 2. The number of H-pyrrole nitrogens is 1. The van der Waals surface area contributed by atoms with E-state index in [2.05, 4.69) is 20.5 Å². The summed E-state index contributed by atoms with van der Waals surface area (Å²) in [5.74, 6) is 0.233. The lowest BCUT2D eigenvalue weighted by atomic mass is 10.2. The first kappa shape index (κ1) is 13.5. The fourth-order valence-corrected chi connectivity index (χ4v) is 1.44. The third-order valence-electron chi connectivity index (χ3n) is 2.38. The summed E-state index contributed by atoms with van der Waals surface area (Å²) in [4.78, 5) is 26.3. The van der Waals surface area contributed by atoms with Crippen molar-refractivity contribution in [1.82, 2.24) is 20.5 Å². The van der Waals surface area contributed by atoms with Crippen molar-refractivity contribution in [3.05, 3.63) is 42.0 Å². The lowest BCUT2D eigenvalue weighted by molar-refractivity contribution is -0.119. The maximum Gasteiger partial charge on any atom is 0.255 e. The standard InChI is InChI=1S/C12H13N5O3/c13-10(18)6-20-9-3-1-8(2-4-9)12(19)14-5-11-15-7-16-17-11/h1-4,7H,5-6H2,(H2,13,18)(H,14,19)(H,15,16,17). The van der Waals surface area contributed by atoms with E-state index in [4.69, 9.17) is 10.5 Å². The number of amides is 2. The molecule has 0 aliphatic rings. The number of hydrogen-bond acceptors (Lipinski definition) is 5. The Morgan fingerprint density at radius 2 is 2.05 bits per heavy atom. The molecule has 8 heteroatoms. The van der Waals surface area contributed by atoms with Crippen LogP contribution in [0.5, 0.6) is 5.75 Å². The first-order valence-corrected chi connectivity index (χ1v) is 5.79. The quantitative estimate of drug-likeness (QED) is 0.661. The Morgan fingerprint density at radius 1 is 1.30 bits per heavy atom. The van der Waals surface area contributed by atoms with E-state index in [-0.39, 0.29) is 19.1 Å². The molecule has 0 bridgehead atoms. The molecule has 1 heterocycles. The molecule has 8 nitrogen and oxygen atoms in total. The second kappa shape index (κ2) is 6.32. The van der Waals surface area contributed by atoms with E-state index < -0.39 is 5.91 Å². The zero-order valence-electron chi connectivity index (χ0n) is 10.5. The smallest absolute Gasteiger partial charge is 0.255 e. The summed E-state index contributed by atoms with van der Waals surface area (Å²) in [6.07, 6.45) is 1.37. The highest BCUT2D eigenvalue weighted by atomic mass is 16.5. The van der Waals surface area contributed by atoms with E-state index in [1.165, 1.54) is 6.33 Å². The van der Waals surface area contributed by atoms with Crippen LogP contribution < -0.4 is 15.8 Å². The first-order chi connectivity index (χ1) is 9.65. The largest absolute Gasteiger partial charge is 0.484 e. The second-order valence-electron chi connectivity index (χ2n) is 3.89. The number of nitrogens with one attached hydrogen (secondary N) is 2. The van der Waals surface area contributed by atoms with Crippen LogP contribution in [0, 0.1) is 0 Å². The van der Waals surface area contributed by atoms with Gasteiger partial charge in [0.15, 0.2) is 6.61 Å². The van der Waals surface area contributed by atoms with E-state index >= 15 is 0 Å². The monoisotopic (exact) mass is 275 g/mol. The van der Waals surface area contributed by atoms with Crippen molar-refractivity contribution in [2.75, 3.05) is 6.61 Å². The molecule has 2 rings (SSSR count). The molecule has 0 saturated carbocycles. The van der Waals surface area contributed by atoms with Crippen molar-refractivity contribution < 1.29 is 14.3 Å². The molecular formula is C12H13N5O3. The molecule has 0 aliphatic carbocycles. The molecule has 0 aliphatic heterocycles. The molecule has 4 N–H and O–H groups in total. The van der Waals surface area contributed by atoms with Gasteiger partial charge in [0.25, 0.3) is 11.8 Å². The number of benzene rings is 1. The summed E-state index contributed by atoms with van der Waals surface area (Å²) >= 11 is 0. The number of aromatic nitrogens is 3. The number of carbonyl (C=O) groups is 2. The van der Waals surface area contributed by atoms with Crippen molar-refractivity contribution >= 4 is 11.8 Å². The summed E-state index contributed by atoms with van der Waals surface area (Å²) in [7, 11) is 0. The van der Waals surface area contributed by atoms with Crippen LogP contribution in [0.1, 0.15) is 16.2 Å². The summed E-state index contributed by atoms with van der Waals surface area (Å²) in [5.41, 5.74) is 5.43. The minimum absolute atomic E-state index is 0.197. The van der Waals surface area contributed by atoms with Gasteiger partial charge in [-0.2, -0.15) is 5.10 Å². The highest BCUT2D eigenvalue weighted by molar-refractivity contribution is 5.94. The Labute approximate surface area is 114 Å². The SMILES string of the molecule is NC(=O)COc1ccc(C(=O)NCc2ncn[nH]2)cc1. The molecule has 0 radical (unpaired) electrons. The molecule has 0 spiro atoms. The van der Waals surface area contributed by atoms with Gasteiger partial charge in [0.05, 0.1) is 6.54 Å². The Morgan fingerprint density at radius 3 is 2.65 bits per heavy atom. The number of nitrogens with zero attached hydrogens (tertiary/aromatic N) is 2. The lowest BCUT2D eigenvalue weighted by Gasteiger charge is -2.06. The summed E-state index contributed by atoms with van der Waals surface area (Å²) in [6.45, 7) is 0.0653. The Hall–Kier alpha value is -2.90. The molecule has 104 valence electrons. The van der Waals surface area contributed by atoms with Crippen molar-refractivity contribution in [2.45, 2.75) is 6.54 Å². The zero-order chi connectivity index (χ0) is 14.4. The van der Waals surface area contributed by atoms with E-state index in [0.717, 1.165) is 0 Å². The van der Waals surface area contributed by atoms with Gasteiger partial charge in [0, 0.05) is 5.56 Å². The average molecular weight is 275 g/mol. The number of hydrogen-bond donors (Lipinski definition) is 3. The highest BCUT2D eigenvalue weighted by Crippen LogP contribution is 2.12. The molecule has 20 heavy (non-hydrogen) atoms. The predicted octanol–water partition coefficient (Wildman–Crippen LogP) is -0.401. The Balaban J connectivity index is 1.88. The fourth-order valence-electron chi connectivity index (χ4n) is 1.44. The number of ether oxygens (including phenoxy) is 1. The van der Waals surface area contributed by atoms with Crippen molar-refractivity contribution in [1.29, 1.82) is 0 Å². The average Bonchev–Trinajstić information content (AvgIpc) is 2.96. The molecule has 0 fully saturated rings. The van der Waals surface area contributed by atoms with E-state index in [9.17, 15) is 9.59 Å². The van der Waals surface area contributed by atoms with Gasteiger partial charge in [0.2, 0.25) is 0 Å². The normalized spacial score (nSPS) is 10.0. The third kappa shape index (κ3) is 3.80. The Kier molecular flexibility index (Phi) is 4.28. The van der Waals surface area contributed by atoms with Crippen LogP contribution in [0.3, 0.4) is 0 Å². The number of rotatable bonds is 6. The minimum atomic E-state index is -0.557. The van der Waals surface area contributed by atoms with Crippen molar-refractivity contribution in [2.24, 2.45) is 5.73 Å². The van der Waals surface area contributed by atoms with E-state index in [1.54, 1.807) is 24.3 Å². The minimum Gasteiger partial charge on any atom is -0.484 e. The topological polar surface area (TPSA) is 123 Å². The molecule has 2 aromatic rings. The van der Waals surface area contributed by atoms with Crippen LogP contribution in [-0.2, 0) is 11.3 Å². The predicted molar refractivity (Wildman–Crippen MR) is 68.7 cm³/mol. The van der Waals surface area contributed by atoms with Gasteiger partial charge < -0.3 is 15.8 Å². The van der Waals surface area contributed by atoms with E-state index in [0.29, 0.717) is 17.1 Å². The van der Waals surface area contributed by atoms with Crippen LogP contribution >= 0.6 is 0 Å². The summed E-state index contributed by atoms with van der Waals surface area (Å²) < 4.78 is 5.09. The van der Waals surface area contributed by atoms with Gasteiger partial charge in [-0.25, -0.2) is 4.98 Å². The first-order valence-electron chi connectivity index (χ1n) is 5.79. The summed E-state index contributed by atoms with van der Waals surface area (Å²) in [6, 6.07) is 6.36. The molecule has 2 amide bonds. The zero-order valence-corrected chi connectivity index (χ0v) is 10.5. The van der Waals surface area contributed by atoms with Gasteiger partial charge in [-0.05, 0) is 24.3 Å². The lowest BCUT2D eigenvalue weighted by Crippen LogP contribution is -2.23. The van der Waals surface area contributed by atoms with Gasteiger partial charge >= 0.3 is 0 Å². The number of aromatic amines is 1. The van der Waals surface area contributed by atoms with Gasteiger partial charge in [-0.3, -0.25) is 14.7 Å². The summed E-state index contributed by atoms with van der Waals surface area (Å²) in [5, 5.41) is 9.00. The molecule has 0 unspecified atom stereocenters. The van der Waals surface area contributed by atoms with Crippen LogP contribution in [0.15, 0.2) is 30.6 Å². The van der Waals surface area contributed by atoms with Crippen LogP contribution in [0.25, 0.3) is 0 Å². The molecular weight excluding hydrogens is 262 g/mol. The third-order valence-corrected chi connectivity index (χ3v) is 2.38. The number of nitrogens with two attached hydrogens (primary N) is 1. The van der Waals surface area contributed by atoms with Crippen molar-refractivity contribution in [3.63, 3.8) is 0 Å². The van der Waals surface area contributed by atoms with Crippen LogP contribution in [-0.4, -0.2) is 33.6 Å². The fraction of sp³-hybridized carbons (Fsp3) is 0.167.